The molecule has 0 unspecified atom stereocenters. The van der Waals surface area contributed by atoms with Gasteiger partial charge in [0.05, 0.1) is 6.42 Å². The first-order chi connectivity index (χ1) is 14.4. The third kappa shape index (κ3) is 5.61. The number of carbonyl (C=O) groups is 3. The number of hydrogen-bond donors (Lipinski definition) is 2. The Bertz CT molecular complexity index is 1030. The van der Waals surface area contributed by atoms with E-state index in [1.165, 1.54) is 24.3 Å². The minimum absolute atomic E-state index is 0.00851. The zero-order valence-corrected chi connectivity index (χ0v) is 16.2. The van der Waals surface area contributed by atoms with Crippen LogP contribution in [-0.2, 0) is 22.4 Å². The zero-order chi connectivity index (χ0) is 21.5. The molecule has 152 valence electrons. The molecule has 3 N–H and O–H groups in total. The fraction of sp³-hybridized carbons (Fsp3) is 0.125. The molecule has 0 radical (unpaired) electrons. The summed E-state index contributed by atoms with van der Waals surface area (Å²) in [5, 5.41) is 2.62. The maximum Gasteiger partial charge on any atom is 0.240 e. The molecule has 0 saturated heterocycles. The van der Waals surface area contributed by atoms with Crippen molar-refractivity contribution in [1.82, 2.24) is 5.32 Å². The molecule has 0 aliphatic rings. The van der Waals surface area contributed by atoms with E-state index in [1.807, 2.05) is 6.07 Å². The maximum atomic E-state index is 13.0. The van der Waals surface area contributed by atoms with Crippen molar-refractivity contribution < 1.29 is 18.8 Å². The van der Waals surface area contributed by atoms with Gasteiger partial charge in [-0.2, -0.15) is 0 Å². The molecule has 30 heavy (non-hydrogen) atoms. The average Bonchev–Trinajstić information content (AvgIpc) is 2.75. The summed E-state index contributed by atoms with van der Waals surface area (Å²) in [7, 11) is 0. The number of ketones is 1. The van der Waals surface area contributed by atoms with E-state index in [9.17, 15) is 18.8 Å². The number of nitrogens with one attached hydrogen (secondary N) is 1. The SMILES string of the molecule is NC(=O)[C@@H](Cc1ccc(C(=O)c2ccccc2)cc1)NC(=O)Cc1ccc(F)cc1. The molecule has 0 saturated carbocycles. The van der Waals surface area contributed by atoms with Gasteiger partial charge in [0.25, 0.3) is 0 Å². The van der Waals surface area contributed by atoms with Crippen LogP contribution in [-0.4, -0.2) is 23.6 Å². The molecule has 0 heterocycles. The zero-order valence-electron chi connectivity index (χ0n) is 16.2. The van der Waals surface area contributed by atoms with Crippen molar-refractivity contribution in [3.05, 3.63) is 107 Å². The summed E-state index contributed by atoms with van der Waals surface area (Å²) < 4.78 is 13.0. The molecule has 0 aliphatic heterocycles. The molecule has 0 bridgehead atoms. The molecule has 5 nitrogen and oxygen atoms in total. The second kappa shape index (κ2) is 9.60. The normalized spacial score (nSPS) is 11.5. The number of rotatable bonds is 8. The van der Waals surface area contributed by atoms with E-state index in [1.54, 1.807) is 48.5 Å². The van der Waals surface area contributed by atoms with E-state index in [0.717, 1.165) is 5.56 Å². The Kier molecular flexibility index (Phi) is 6.70. The number of amides is 2. The summed E-state index contributed by atoms with van der Waals surface area (Å²) in [5.74, 6) is -1.53. The average molecular weight is 404 g/mol. The number of primary amides is 1. The van der Waals surface area contributed by atoms with Crippen LogP contribution in [0.5, 0.6) is 0 Å². The molecular formula is C24H21FN2O3. The van der Waals surface area contributed by atoms with Crippen LogP contribution in [0.1, 0.15) is 27.0 Å². The van der Waals surface area contributed by atoms with Gasteiger partial charge in [-0.15, -0.1) is 0 Å². The summed E-state index contributed by atoms with van der Waals surface area (Å²) >= 11 is 0. The Hall–Kier alpha value is -3.80. The van der Waals surface area contributed by atoms with Gasteiger partial charge in [0.2, 0.25) is 11.8 Å². The molecule has 1 atom stereocenters. The lowest BCUT2D eigenvalue weighted by Gasteiger charge is -2.16. The second-order valence-corrected chi connectivity index (χ2v) is 6.92. The number of carbonyl (C=O) groups excluding carboxylic acids is 3. The molecule has 0 aromatic heterocycles. The van der Waals surface area contributed by atoms with Gasteiger partial charge in [-0.1, -0.05) is 66.7 Å². The fourth-order valence-corrected chi connectivity index (χ4v) is 3.04. The van der Waals surface area contributed by atoms with Crippen molar-refractivity contribution in [1.29, 1.82) is 0 Å². The van der Waals surface area contributed by atoms with E-state index in [4.69, 9.17) is 5.73 Å². The Morgan fingerprint density at radius 2 is 1.37 bits per heavy atom. The van der Waals surface area contributed by atoms with Crippen LogP contribution in [0.15, 0.2) is 78.9 Å². The van der Waals surface area contributed by atoms with Gasteiger partial charge < -0.3 is 11.1 Å². The van der Waals surface area contributed by atoms with Gasteiger partial charge >= 0.3 is 0 Å². The molecule has 6 heteroatoms. The molecule has 2 amide bonds. The van der Waals surface area contributed by atoms with Gasteiger partial charge in [-0.05, 0) is 23.3 Å². The molecule has 0 spiro atoms. The summed E-state index contributed by atoms with van der Waals surface area (Å²) in [5.41, 5.74) is 7.94. The van der Waals surface area contributed by atoms with E-state index in [-0.39, 0.29) is 30.3 Å². The van der Waals surface area contributed by atoms with Crippen molar-refractivity contribution >= 4 is 17.6 Å². The van der Waals surface area contributed by atoms with Crippen molar-refractivity contribution in [3.8, 4) is 0 Å². The number of benzene rings is 3. The first kappa shape index (κ1) is 20.9. The minimum Gasteiger partial charge on any atom is -0.368 e. The van der Waals surface area contributed by atoms with Gasteiger partial charge in [-0.3, -0.25) is 14.4 Å². The Morgan fingerprint density at radius 1 is 0.800 bits per heavy atom. The predicted octanol–water partition coefficient (Wildman–Crippen LogP) is 2.81. The Morgan fingerprint density at radius 3 is 1.97 bits per heavy atom. The second-order valence-electron chi connectivity index (χ2n) is 6.92. The van der Waals surface area contributed by atoms with Gasteiger partial charge in [0.1, 0.15) is 11.9 Å². The highest BCUT2D eigenvalue weighted by atomic mass is 19.1. The van der Waals surface area contributed by atoms with Crippen molar-refractivity contribution in [2.75, 3.05) is 0 Å². The van der Waals surface area contributed by atoms with Crippen LogP contribution in [0.2, 0.25) is 0 Å². The van der Waals surface area contributed by atoms with E-state index < -0.39 is 11.9 Å². The lowest BCUT2D eigenvalue weighted by Crippen LogP contribution is -2.46. The third-order valence-electron chi connectivity index (χ3n) is 4.65. The largest absolute Gasteiger partial charge is 0.368 e. The summed E-state index contributed by atoms with van der Waals surface area (Å²) in [4.78, 5) is 36.5. The highest BCUT2D eigenvalue weighted by Crippen LogP contribution is 2.12. The minimum atomic E-state index is -0.895. The number of nitrogens with two attached hydrogens (primary N) is 1. The van der Waals surface area contributed by atoms with Crippen LogP contribution < -0.4 is 11.1 Å². The third-order valence-corrected chi connectivity index (χ3v) is 4.65. The molecule has 0 aliphatic carbocycles. The Balaban J connectivity index is 1.63. The highest BCUT2D eigenvalue weighted by molar-refractivity contribution is 6.08. The lowest BCUT2D eigenvalue weighted by molar-refractivity contribution is -0.127. The quantitative estimate of drug-likeness (QED) is 0.566. The lowest BCUT2D eigenvalue weighted by atomic mass is 9.99. The van der Waals surface area contributed by atoms with Crippen molar-refractivity contribution in [2.45, 2.75) is 18.9 Å². The Labute approximate surface area is 173 Å². The monoisotopic (exact) mass is 404 g/mol. The van der Waals surface area contributed by atoms with E-state index in [2.05, 4.69) is 5.32 Å². The van der Waals surface area contributed by atoms with Gasteiger partial charge in [0, 0.05) is 17.5 Å². The van der Waals surface area contributed by atoms with Crippen LogP contribution in [0, 0.1) is 5.82 Å². The maximum absolute atomic E-state index is 13.0. The summed E-state index contributed by atoms with van der Waals surface area (Å²) in [6.07, 6.45) is 0.207. The molecule has 3 aromatic carbocycles. The van der Waals surface area contributed by atoms with Gasteiger partial charge in [0.15, 0.2) is 5.78 Å². The fourth-order valence-electron chi connectivity index (χ4n) is 3.04. The predicted molar refractivity (Wildman–Crippen MR) is 111 cm³/mol. The molecule has 3 aromatic rings. The van der Waals surface area contributed by atoms with Crippen molar-refractivity contribution in [3.63, 3.8) is 0 Å². The first-order valence-electron chi connectivity index (χ1n) is 9.44. The summed E-state index contributed by atoms with van der Waals surface area (Å²) in [6.45, 7) is 0. The van der Waals surface area contributed by atoms with Crippen molar-refractivity contribution in [2.24, 2.45) is 5.73 Å². The highest BCUT2D eigenvalue weighted by Gasteiger charge is 2.19. The van der Waals surface area contributed by atoms with Crippen LogP contribution >= 0.6 is 0 Å². The summed E-state index contributed by atoms with van der Waals surface area (Å²) in [6, 6.07) is 20.4. The molecule has 3 rings (SSSR count). The standard InChI is InChI=1S/C24H21FN2O3/c25-20-12-8-17(9-13-20)15-22(28)27-21(24(26)30)14-16-6-10-19(11-7-16)23(29)18-4-2-1-3-5-18/h1-13,21H,14-15H2,(H2,26,30)(H,27,28)/t21-/m1/s1. The number of hydrogen-bond acceptors (Lipinski definition) is 3. The van der Waals surface area contributed by atoms with Crippen LogP contribution in [0.25, 0.3) is 0 Å². The van der Waals surface area contributed by atoms with E-state index >= 15 is 0 Å². The molecular weight excluding hydrogens is 383 g/mol. The van der Waals surface area contributed by atoms with Crippen LogP contribution in [0.3, 0.4) is 0 Å². The molecule has 0 fully saturated rings. The van der Waals surface area contributed by atoms with Gasteiger partial charge in [-0.25, -0.2) is 4.39 Å². The number of halogens is 1. The van der Waals surface area contributed by atoms with E-state index in [0.29, 0.717) is 16.7 Å². The smallest absolute Gasteiger partial charge is 0.240 e. The topological polar surface area (TPSA) is 89.3 Å². The van der Waals surface area contributed by atoms with Crippen LogP contribution in [0.4, 0.5) is 4.39 Å². The first-order valence-corrected chi connectivity index (χ1v) is 9.44.